The first-order valence-electron chi connectivity index (χ1n) is 5.90. The Morgan fingerprint density at radius 1 is 1.33 bits per heavy atom. The van der Waals surface area contributed by atoms with E-state index in [-0.39, 0.29) is 5.54 Å². The van der Waals surface area contributed by atoms with E-state index in [9.17, 15) is 0 Å². The van der Waals surface area contributed by atoms with Crippen molar-refractivity contribution >= 4 is 0 Å². The van der Waals surface area contributed by atoms with Crippen LogP contribution < -0.4 is 5.73 Å². The molecular weight excluding hydrogens is 182 g/mol. The van der Waals surface area contributed by atoms with Gasteiger partial charge in [0.2, 0.25) is 0 Å². The molecule has 1 aliphatic rings. The van der Waals surface area contributed by atoms with Crippen LogP contribution >= 0.6 is 0 Å². The summed E-state index contributed by atoms with van der Waals surface area (Å²) in [5, 5.41) is 0. The van der Waals surface area contributed by atoms with E-state index in [1.54, 1.807) is 0 Å². The van der Waals surface area contributed by atoms with Crippen molar-refractivity contribution in [2.24, 2.45) is 5.73 Å². The number of benzene rings is 1. The third-order valence-electron chi connectivity index (χ3n) is 3.50. The van der Waals surface area contributed by atoms with E-state index in [4.69, 9.17) is 5.73 Å². The molecule has 15 heavy (non-hydrogen) atoms. The van der Waals surface area contributed by atoms with E-state index in [2.05, 4.69) is 39.0 Å². The molecule has 0 spiro atoms. The average Bonchev–Trinajstić information content (AvgIpc) is 2.16. The van der Waals surface area contributed by atoms with Crippen LogP contribution in [0.15, 0.2) is 18.2 Å². The summed E-state index contributed by atoms with van der Waals surface area (Å²) in [6, 6.07) is 6.78. The second kappa shape index (κ2) is 3.64. The molecule has 0 amide bonds. The van der Waals surface area contributed by atoms with Crippen molar-refractivity contribution in [3.05, 3.63) is 34.9 Å². The molecule has 0 saturated heterocycles. The van der Waals surface area contributed by atoms with Gasteiger partial charge in [-0.15, -0.1) is 0 Å². The molecule has 1 aromatic rings. The summed E-state index contributed by atoms with van der Waals surface area (Å²) >= 11 is 0. The van der Waals surface area contributed by atoms with Crippen molar-refractivity contribution in [1.82, 2.24) is 0 Å². The summed E-state index contributed by atoms with van der Waals surface area (Å²) in [6.07, 6.45) is 3.89. The van der Waals surface area contributed by atoms with Gasteiger partial charge in [-0.2, -0.15) is 0 Å². The predicted octanol–water partition coefficient (Wildman–Crippen LogP) is 3.32. The molecule has 1 heteroatoms. The molecule has 1 atom stereocenters. The van der Waals surface area contributed by atoms with Gasteiger partial charge in [0.05, 0.1) is 0 Å². The normalized spacial score (nSPS) is 21.2. The van der Waals surface area contributed by atoms with Gasteiger partial charge in [-0.05, 0) is 55.7 Å². The number of hydrogen-bond acceptors (Lipinski definition) is 1. The maximum Gasteiger partial charge on any atom is 0.0352 e. The Balaban J connectivity index is 2.44. The molecule has 0 bridgehead atoms. The first-order chi connectivity index (χ1) is 6.98. The van der Waals surface area contributed by atoms with Crippen molar-refractivity contribution in [1.29, 1.82) is 0 Å². The average molecular weight is 203 g/mol. The van der Waals surface area contributed by atoms with Gasteiger partial charge in [0.25, 0.3) is 0 Å². The fourth-order valence-electron chi connectivity index (χ4n) is 2.44. The minimum absolute atomic E-state index is 0.216. The zero-order valence-corrected chi connectivity index (χ0v) is 10.0. The highest BCUT2D eigenvalue weighted by Gasteiger charge is 2.20. The first-order valence-corrected chi connectivity index (χ1v) is 5.90. The van der Waals surface area contributed by atoms with Gasteiger partial charge in [-0.3, -0.25) is 0 Å². The number of rotatable bonds is 1. The van der Waals surface area contributed by atoms with Crippen LogP contribution in [0.5, 0.6) is 0 Å². The lowest BCUT2D eigenvalue weighted by molar-refractivity contribution is 0.545. The second-order valence-corrected chi connectivity index (χ2v) is 5.43. The zero-order chi connectivity index (χ0) is 11.1. The highest BCUT2D eigenvalue weighted by atomic mass is 14.7. The van der Waals surface area contributed by atoms with Crippen LogP contribution in [0.4, 0.5) is 0 Å². The highest BCUT2D eigenvalue weighted by molar-refractivity contribution is 5.38. The molecule has 0 aromatic heterocycles. The lowest BCUT2D eigenvalue weighted by Crippen LogP contribution is -2.29. The molecule has 0 fully saturated rings. The van der Waals surface area contributed by atoms with E-state index < -0.39 is 0 Å². The fourth-order valence-corrected chi connectivity index (χ4v) is 2.44. The molecule has 2 rings (SSSR count). The fraction of sp³-hybridized carbons (Fsp3) is 0.571. The van der Waals surface area contributed by atoms with Crippen molar-refractivity contribution in [3.63, 3.8) is 0 Å². The first kappa shape index (κ1) is 10.7. The van der Waals surface area contributed by atoms with E-state index >= 15 is 0 Å². The lowest BCUT2D eigenvalue weighted by atomic mass is 9.81. The summed E-state index contributed by atoms with van der Waals surface area (Å²) in [6.45, 7) is 6.47. The SMILES string of the molecule is CC1CCCc2ccc(C(C)(C)N)cc21. The third-order valence-corrected chi connectivity index (χ3v) is 3.50. The largest absolute Gasteiger partial charge is 0.322 e. The molecule has 1 aliphatic carbocycles. The summed E-state index contributed by atoms with van der Waals surface area (Å²) in [5.74, 6) is 0.705. The standard InChI is InChI=1S/C14H21N/c1-10-5-4-6-11-7-8-12(9-13(10)11)14(2,3)15/h7-10H,4-6,15H2,1-3H3. The zero-order valence-electron chi connectivity index (χ0n) is 10.0. The highest BCUT2D eigenvalue weighted by Crippen LogP contribution is 2.33. The van der Waals surface area contributed by atoms with E-state index in [0.717, 1.165) is 0 Å². The molecule has 0 heterocycles. The van der Waals surface area contributed by atoms with Crippen LogP contribution in [0, 0.1) is 0 Å². The summed E-state index contributed by atoms with van der Waals surface area (Å²) in [4.78, 5) is 0. The Bertz CT molecular complexity index is 360. The van der Waals surface area contributed by atoms with Gasteiger partial charge in [0.1, 0.15) is 0 Å². The van der Waals surface area contributed by atoms with Gasteiger partial charge in [0.15, 0.2) is 0 Å². The number of hydrogen-bond donors (Lipinski definition) is 1. The minimum Gasteiger partial charge on any atom is -0.322 e. The number of aryl methyl sites for hydroxylation is 1. The van der Waals surface area contributed by atoms with E-state index in [0.29, 0.717) is 5.92 Å². The molecule has 82 valence electrons. The molecule has 2 N–H and O–H groups in total. The van der Waals surface area contributed by atoms with E-state index in [1.807, 2.05) is 0 Å². The summed E-state index contributed by atoms with van der Waals surface area (Å²) < 4.78 is 0. The minimum atomic E-state index is -0.216. The van der Waals surface area contributed by atoms with Crippen LogP contribution in [0.2, 0.25) is 0 Å². The van der Waals surface area contributed by atoms with Crippen LogP contribution in [0.3, 0.4) is 0 Å². The van der Waals surface area contributed by atoms with E-state index in [1.165, 1.54) is 36.0 Å². The maximum absolute atomic E-state index is 6.14. The quantitative estimate of drug-likeness (QED) is 0.744. The molecular formula is C14H21N. The number of nitrogens with two attached hydrogens (primary N) is 1. The molecule has 1 unspecified atom stereocenters. The van der Waals surface area contributed by atoms with Crippen LogP contribution in [0.25, 0.3) is 0 Å². The lowest BCUT2D eigenvalue weighted by Gasteiger charge is -2.26. The van der Waals surface area contributed by atoms with Crippen molar-refractivity contribution in [2.45, 2.75) is 51.5 Å². The maximum atomic E-state index is 6.14. The predicted molar refractivity (Wildman–Crippen MR) is 65.0 cm³/mol. The van der Waals surface area contributed by atoms with Gasteiger partial charge in [0, 0.05) is 5.54 Å². The Morgan fingerprint density at radius 2 is 2.07 bits per heavy atom. The Morgan fingerprint density at radius 3 is 2.73 bits per heavy atom. The molecule has 1 nitrogen and oxygen atoms in total. The monoisotopic (exact) mass is 203 g/mol. The Kier molecular flexibility index (Phi) is 2.59. The summed E-state index contributed by atoms with van der Waals surface area (Å²) in [7, 11) is 0. The Labute approximate surface area is 92.7 Å². The van der Waals surface area contributed by atoms with Gasteiger partial charge >= 0.3 is 0 Å². The smallest absolute Gasteiger partial charge is 0.0352 e. The van der Waals surface area contributed by atoms with Crippen molar-refractivity contribution in [2.75, 3.05) is 0 Å². The molecule has 0 radical (unpaired) electrons. The van der Waals surface area contributed by atoms with Crippen LogP contribution in [0.1, 0.15) is 56.2 Å². The number of fused-ring (bicyclic) bond motifs is 1. The van der Waals surface area contributed by atoms with Crippen molar-refractivity contribution < 1.29 is 0 Å². The molecule has 0 saturated carbocycles. The third kappa shape index (κ3) is 2.07. The molecule has 0 aliphatic heterocycles. The summed E-state index contributed by atoms with van der Waals surface area (Å²) in [5.41, 5.74) is 10.2. The molecule has 1 aromatic carbocycles. The Hall–Kier alpha value is -0.820. The topological polar surface area (TPSA) is 26.0 Å². The second-order valence-electron chi connectivity index (χ2n) is 5.43. The van der Waals surface area contributed by atoms with Gasteiger partial charge < -0.3 is 5.73 Å². The van der Waals surface area contributed by atoms with Gasteiger partial charge in [-0.1, -0.05) is 25.1 Å². The van der Waals surface area contributed by atoms with Crippen molar-refractivity contribution in [3.8, 4) is 0 Å². The van der Waals surface area contributed by atoms with Crippen LogP contribution in [-0.2, 0) is 12.0 Å². The van der Waals surface area contributed by atoms with Crippen LogP contribution in [-0.4, -0.2) is 0 Å². The van der Waals surface area contributed by atoms with Gasteiger partial charge in [-0.25, -0.2) is 0 Å².